The summed E-state index contributed by atoms with van der Waals surface area (Å²) in [6, 6.07) is 14.9. The second kappa shape index (κ2) is 9.19. The number of nitrogens with zero attached hydrogens (tertiary/aromatic N) is 1. The Bertz CT molecular complexity index is 1310. The van der Waals surface area contributed by atoms with Crippen LogP contribution in [0.4, 0.5) is 5.69 Å². The van der Waals surface area contributed by atoms with Gasteiger partial charge in [0, 0.05) is 21.2 Å². The summed E-state index contributed by atoms with van der Waals surface area (Å²) in [5.74, 6) is 0.749. The Morgan fingerprint density at radius 3 is 2.38 bits per heavy atom. The van der Waals surface area contributed by atoms with Crippen LogP contribution in [0.3, 0.4) is 0 Å². The Balaban J connectivity index is 1.70. The smallest absolute Gasteiger partial charge is 0.286 e. The second-order valence-corrected chi connectivity index (χ2v) is 9.54. The highest BCUT2D eigenvalue weighted by Crippen LogP contribution is 2.39. The molecular formula is C22H17Cl3N2O4S. The van der Waals surface area contributed by atoms with Crippen LogP contribution in [0.1, 0.15) is 18.1 Å². The number of amidine groups is 1. The van der Waals surface area contributed by atoms with Gasteiger partial charge in [0.15, 0.2) is 17.3 Å². The lowest BCUT2D eigenvalue weighted by Gasteiger charge is -2.20. The quantitative estimate of drug-likeness (QED) is 0.427. The van der Waals surface area contributed by atoms with E-state index in [1.165, 1.54) is 6.07 Å². The monoisotopic (exact) mass is 510 g/mol. The summed E-state index contributed by atoms with van der Waals surface area (Å²) in [7, 11) is -3.86. The van der Waals surface area contributed by atoms with Gasteiger partial charge in [-0.3, -0.25) is 0 Å². The lowest BCUT2D eigenvalue weighted by atomic mass is 10.1. The molecule has 3 aromatic rings. The normalized spacial score (nSPS) is 14.2. The van der Waals surface area contributed by atoms with Gasteiger partial charge in [0.05, 0.1) is 17.3 Å². The minimum Gasteiger partial charge on any atom is -0.490 e. The van der Waals surface area contributed by atoms with Crippen LogP contribution in [0, 0.1) is 0 Å². The first-order valence-corrected chi connectivity index (χ1v) is 12.1. The van der Waals surface area contributed by atoms with Crippen LogP contribution < -0.4 is 14.8 Å². The fourth-order valence-corrected chi connectivity index (χ4v) is 5.07. The number of nitrogens with one attached hydrogen (secondary N) is 1. The molecule has 0 amide bonds. The molecule has 1 aliphatic rings. The first kappa shape index (κ1) is 22.7. The Morgan fingerprint density at radius 2 is 1.66 bits per heavy atom. The van der Waals surface area contributed by atoms with E-state index < -0.39 is 10.0 Å². The van der Waals surface area contributed by atoms with E-state index in [1.54, 1.807) is 48.5 Å². The standard InChI is InChI=1S/C22H17Cl3N2O4S/c1-2-30-19-11-13(22-26-18-8-3-4-9-20(18)32(28,29)27-22)10-17(25)21(19)31-12-14-15(23)6-5-7-16(14)24/h3-11H,2,12H2,1H3,(H,26,27). The minimum atomic E-state index is -3.86. The lowest BCUT2D eigenvalue weighted by Crippen LogP contribution is -2.22. The third-order valence-corrected chi connectivity index (χ3v) is 6.96. The zero-order valence-corrected chi connectivity index (χ0v) is 19.8. The Labute approximate surface area is 200 Å². The summed E-state index contributed by atoms with van der Waals surface area (Å²) < 4.78 is 40.7. The van der Waals surface area contributed by atoms with E-state index in [-0.39, 0.29) is 28.1 Å². The molecule has 32 heavy (non-hydrogen) atoms. The Morgan fingerprint density at radius 1 is 0.938 bits per heavy atom. The van der Waals surface area contributed by atoms with Crippen LogP contribution in [0.5, 0.6) is 11.5 Å². The third-order valence-electron chi connectivity index (χ3n) is 4.63. The summed E-state index contributed by atoms with van der Waals surface area (Å²) in [6.45, 7) is 2.22. The van der Waals surface area contributed by atoms with E-state index in [2.05, 4.69) is 9.71 Å². The third kappa shape index (κ3) is 4.52. The molecule has 1 aliphatic heterocycles. The SMILES string of the molecule is CCOc1cc(C2=NS(=O)(=O)c3ccccc3N2)cc(Cl)c1OCc1c(Cl)cccc1Cl. The number of sulfonamides is 1. The molecule has 0 aromatic heterocycles. The molecule has 0 aliphatic carbocycles. The summed E-state index contributed by atoms with van der Waals surface area (Å²) in [6.07, 6.45) is 0. The molecule has 0 saturated carbocycles. The predicted octanol–water partition coefficient (Wildman–Crippen LogP) is 6.19. The molecule has 0 saturated heterocycles. The van der Waals surface area contributed by atoms with Crippen molar-refractivity contribution in [2.75, 3.05) is 11.9 Å². The number of anilines is 1. The van der Waals surface area contributed by atoms with Gasteiger partial charge in [-0.25, -0.2) is 0 Å². The summed E-state index contributed by atoms with van der Waals surface area (Å²) in [5.41, 5.74) is 1.47. The summed E-state index contributed by atoms with van der Waals surface area (Å²) in [4.78, 5) is 0.108. The number of hydrogen-bond donors (Lipinski definition) is 1. The van der Waals surface area contributed by atoms with Gasteiger partial charge in [-0.2, -0.15) is 8.42 Å². The van der Waals surface area contributed by atoms with Crippen LogP contribution in [-0.2, 0) is 16.6 Å². The minimum absolute atomic E-state index is 0.0681. The average molecular weight is 512 g/mol. The van der Waals surface area contributed by atoms with E-state index >= 15 is 0 Å². The van der Waals surface area contributed by atoms with Gasteiger partial charge < -0.3 is 14.8 Å². The highest BCUT2D eigenvalue weighted by Gasteiger charge is 2.26. The van der Waals surface area contributed by atoms with Gasteiger partial charge in [-0.1, -0.05) is 53.0 Å². The number of halogens is 3. The molecule has 4 rings (SSSR count). The van der Waals surface area contributed by atoms with Crippen LogP contribution in [0.15, 0.2) is 63.9 Å². The van der Waals surface area contributed by atoms with Crippen molar-refractivity contribution in [3.8, 4) is 11.5 Å². The fraction of sp³-hybridized carbons (Fsp3) is 0.136. The molecule has 1 N–H and O–H groups in total. The molecule has 0 radical (unpaired) electrons. The van der Waals surface area contributed by atoms with E-state index in [4.69, 9.17) is 44.3 Å². The van der Waals surface area contributed by atoms with Crippen molar-refractivity contribution in [1.82, 2.24) is 0 Å². The Kier molecular flexibility index (Phi) is 6.53. The average Bonchev–Trinajstić information content (AvgIpc) is 2.74. The molecule has 0 bridgehead atoms. The number of rotatable bonds is 6. The molecule has 0 fully saturated rings. The fourth-order valence-electron chi connectivity index (χ4n) is 3.16. The van der Waals surface area contributed by atoms with Crippen LogP contribution in [0.2, 0.25) is 15.1 Å². The number of fused-ring (bicyclic) bond motifs is 1. The maximum absolute atomic E-state index is 12.6. The van der Waals surface area contributed by atoms with Crippen molar-refractivity contribution in [2.24, 2.45) is 4.40 Å². The summed E-state index contributed by atoms with van der Waals surface area (Å²) in [5, 5.41) is 4.19. The molecule has 0 spiro atoms. The van der Waals surface area contributed by atoms with E-state index in [1.807, 2.05) is 6.92 Å². The Hall–Kier alpha value is -2.45. The zero-order valence-electron chi connectivity index (χ0n) is 16.7. The maximum atomic E-state index is 12.6. The molecule has 3 aromatic carbocycles. The van der Waals surface area contributed by atoms with Crippen molar-refractivity contribution in [3.05, 3.63) is 80.8 Å². The van der Waals surface area contributed by atoms with Crippen molar-refractivity contribution < 1.29 is 17.9 Å². The van der Waals surface area contributed by atoms with Gasteiger partial charge in [0.1, 0.15) is 11.5 Å². The largest absolute Gasteiger partial charge is 0.490 e. The number of ether oxygens (including phenoxy) is 2. The first-order chi connectivity index (χ1) is 15.3. The molecule has 0 atom stereocenters. The summed E-state index contributed by atoms with van der Waals surface area (Å²) >= 11 is 18.9. The van der Waals surface area contributed by atoms with E-state index in [0.29, 0.717) is 39.2 Å². The van der Waals surface area contributed by atoms with Crippen molar-refractivity contribution in [1.29, 1.82) is 0 Å². The van der Waals surface area contributed by atoms with Crippen LogP contribution in [0.25, 0.3) is 0 Å². The van der Waals surface area contributed by atoms with Crippen molar-refractivity contribution in [2.45, 2.75) is 18.4 Å². The zero-order chi connectivity index (χ0) is 22.9. The van der Waals surface area contributed by atoms with Gasteiger partial charge in [0.25, 0.3) is 10.0 Å². The topological polar surface area (TPSA) is 77.0 Å². The number of hydrogen-bond acceptors (Lipinski definition) is 5. The van der Waals surface area contributed by atoms with Gasteiger partial charge >= 0.3 is 0 Å². The van der Waals surface area contributed by atoms with Crippen LogP contribution in [-0.4, -0.2) is 20.9 Å². The lowest BCUT2D eigenvalue weighted by molar-refractivity contribution is 0.269. The number of para-hydroxylation sites is 1. The predicted molar refractivity (Wildman–Crippen MR) is 127 cm³/mol. The highest BCUT2D eigenvalue weighted by molar-refractivity contribution is 7.90. The maximum Gasteiger partial charge on any atom is 0.286 e. The van der Waals surface area contributed by atoms with E-state index in [9.17, 15) is 8.42 Å². The van der Waals surface area contributed by atoms with Crippen LogP contribution >= 0.6 is 34.8 Å². The molecule has 166 valence electrons. The molecule has 0 unspecified atom stereocenters. The second-order valence-electron chi connectivity index (χ2n) is 6.74. The molecular weight excluding hydrogens is 495 g/mol. The molecule has 6 nitrogen and oxygen atoms in total. The number of benzene rings is 3. The highest BCUT2D eigenvalue weighted by atomic mass is 35.5. The molecule has 1 heterocycles. The van der Waals surface area contributed by atoms with Crippen molar-refractivity contribution >= 4 is 56.3 Å². The van der Waals surface area contributed by atoms with E-state index in [0.717, 1.165) is 0 Å². The van der Waals surface area contributed by atoms with Gasteiger partial charge in [-0.15, -0.1) is 4.40 Å². The first-order valence-electron chi connectivity index (χ1n) is 9.53. The molecule has 10 heteroatoms. The van der Waals surface area contributed by atoms with Gasteiger partial charge in [0.2, 0.25) is 0 Å². The van der Waals surface area contributed by atoms with Gasteiger partial charge in [-0.05, 0) is 43.3 Å². The van der Waals surface area contributed by atoms with Crippen molar-refractivity contribution in [3.63, 3.8) is 0 Å².